The van der Waals surface area contributed by atoms with Gasteiger partial charge in [0.1, 0.15) is 12.2 Å². The number of carbonyl (C=O) groups excluding carboxylic acids is 1. The molecule has 0 spiro atoms. The molecule has 1 aromatic heterocycles. The maximum atomic E-state index is 13.4. The third-order valence-corrected chi connectivity index (χ3v) is 6.22. The summed E-state index contributed by atoms with van der Waals surface area (Å²) in [5, 5.41) is 3.37. The van der Waals surface area contributed by atoms with Crippen molar-refractivity contribution < 1.29 is 18.7 Å². The molecule has 1 unspecified atom stereocenters. The Morgan fingerprint density at radius 3 is 2.50 bits per heavy atom. The number of benzene rings is 3. The summed E-state index contributed by atoms with van der Waals surface area (Å²) in [5.74, 6) is 0.812. The number of carbonyl (C=O) groups is 1. The summed E-state index contributed by atoms with van der Waals surface area (Å²) in [6.45, 7) is 6.58. The standard InChI is InChI=1S/C28H25NO5/c1-4-32-22-14-19(11-13-21(22)33-15-18-8-6-5-7-9-18)24-23-25(30)20-12-10-16(2)17(3)26(20)34-27(23)28(31)29-24/h5-14,24H,4,15H2,1-3H3,(H,29,31). The Balaban J connectivity index is 1.54. The predicted octanol–water partition coefficient (Wildman–Crippen LogP) is 5.22. The van der Waals surface area contributed by atoms with Gasteiger partial charge >= 0.3 is 0 Å². The molecule has 1 aliphatic rings. The fraction of sp³-hybridized carbons (Fsp3) is 0.214. The van der Waals surface area contributed by atoms with Gasteiger partial charge in [0, 0.05) is 0 Å². The number of fused-ring (bicyclic) bond motifs is 2. The van der Waals surface area contributed by atoms with Gasteiger partial charge in [0.15, 0.2) is 16.9 Å². The Labute approximate surface area is 197 Å². The van der Waals surface area contributed by atoms with Crippen LogP contribution in [0, 0.1) is 13.8 Å². The Hall–Kier alpha value is -4.06. The summed E-state index contributed by atoms with van der Waals surface area (Å²) >= 11 is 0. The van der Waals surface area contributed by atoms with Gasteiger partial charge in [0.2, 0.25) is 5.76 Å². The molecule has 6 heteroatoms. The zero-order valence-electron chi connectivity index (χ0n) is 19.3. The highest BCUT2D eigenvalue weighted by atomic mass is 16.5. The van der Waals surface area contributed by atoms with Crippen molar-refractivity contribution in [3.05, 3.63) is 104 Å². The number of amides is 1. The van der Waals surface area contributed by atoms with Crippen LogP contribution >= 0.6 is 0 Å². The van der Waals surface area contributed by atoms with E-state index in [1.807, 2.05) is 75.4 Å². The summed E-state index contributed by atoms with van der Waals surface area (Å²) in [6, 6.07) is 18.4. The quantitative estimate of drug-likeness (QED) is 0.431. The molecule has 1 N–H and O–H groups in total. The Kier molecular flexibility index (Phi) is 5.57. The summed E-state index contributed by atoms with van der Waals surface area (Å²) in [7, 11) is 0. The van der Waals surface area contributed by atoms with Crippen LogP contribution in [0.1, 0.15) is 51.3 Å². The normalized spacial score (nSPS) is 14.7. The first-order valence-electron chi connectivity index (χ1n) is 11.3. The van der Waals surface area contributed by atoms with Gasteiger partial charge in [-0.2, -0.15) is 0 Å². The second-order valence-electron chi connectivity index (χ2n) is 8.38. The molecule has 1 amide bonds. The topological polar surface area (TPSA) is 77.8 Å². The minimum Gasteiger partial charge on any atom is -0.490 e. The Morgan fingerprint density at radius 2 is 1.74 bits per heavy atom. The van der Waals surface area contributed by atoms with E-state index in [9.17, 15) is 9.59 Å². The number of rotatable bonds is 6. The Bertz CT molecular complexity index is 1460. The van der Waals surface area contributed by atoms with Crippen molar-refractivity contribution in [2.45, 2.75) is 33.4 Å². The van der Waals surface area contributed by atoms with E-state index in [0.717, 1.165) is 22.3 Å². The van der Waals surface area contributed by atoms with Gasteiger partial charge in [-0.25, -0.2) is 0 Å². The molecule has 6 nitrogen and oxygen atoms in total. The first-order chi connectivity index (χ1) is 16.5. The van der Waals surface area contributed by atoms with E-state index in [-0.39, 0.29) is 11.2 Å². The lowest BCUT2D eigenvalue weighted by molar-refractivity contribution is 0.0937. The molecule has 2 heterocycles. The fourth-order valence-corrected chi connectivity index (χ4v) is 4.28. The van der Waals surface area contributed by atoms with Crippen LogP contribution in [0.15, 0.2) is 69.9 Å². The first-order valence-corrected chi connectivity index (χ1v) is 11.3. The van der Waals surface area contributed by atoms with E-state index < -0.39 is 11.9 Å². The van der Waals surface area contributed by atoms with Gasteiger partial charge in [0.25, 0.3) is 5.91 Å². The zero-order chi connectivity index (χ0) is 23.8. The Morgan fingerprint density at radius 1 is 0.941 bits per heavy atom. The molecule has 0 saturated carbocycles. The molecule has 1 atom stereocenters. The number of hydrogen-bond donors (Lipinski definition) is 1. The van der Waals surface area contributed by atoms with E-state index in [2.05, 4.69) is 5.32 Å². The van der Waals surface area contributed by atoms with Gasteiger partial charge in [-0.05, 0) is 61.2 Å². The summed E-state index contributed by atoms with van der Waals surface area (Å²) < 4.78 is 17.8. The molecule has 34 heavy (non-hydrogen) atoms. The highest BCUT2D eigenvalue weighted by Gasteiger charge is 2.36. The maximum Gasteiger partial charge on any atom is 0.288 e. The first kappa shape index (κ1) is 21.8. The van der Waals surface area contributed by atoms with Crippen LogP contribution in [0.5, 0.6) is 11.5 Å². The van der Waals surface area contributed by atoms with Crippen molar-refractivity contribution in [3.63, 3.8) is 0 Å². The minimum absolute atomic E-state index is 0.0681. The van der Waals surface area contributed by atoms with Crippen molar-refractivity contribution in [2.75, 3.05) is 6.61 Å². The van der Waals surface area contributed by atoms with Crippen molar-refractivity contribution in [3.8, 4) is 11.5 Å². The largest absolute Gasteiger partial charge is 0.490 e. The highest BCUT2D eigenvalue weighted by molar-refractivity contribution is 5.99. The molecule has 5 rings (SSSR count). The summed E-state index contributed by atoms with van der Waals surface area (Å²) in [6.07, 6.45) is 0. The van der Waals surface area contributed by atoms with E-state index in [1.165, 1.54) is 0 Å². The van der Waals surface area contributed by atoms with E-state index in [0.29, 0.717) is 41.2 Å². The van der Waals surface area contributed by atoms with Crippen LogP contribution in [0.25, 0.3) is 11.0 Å². The lowest BCUT2D eigenvalue weighted by Gasteiger charge is -2.17. The molecule has 0 bridgehead atoms. The van der Waals surface area contributed by atoms with E-state index in [1.54, 1.807) is 6.07 Å². The van der Waals surface area contributed by atoms with Crippen LogP contribution in [0.2, 0.25) is 0 Å². The van der Waals surface area contributed by atoms with Crippen molar-refractivity contribution in [1.29, 1.82) is 0 Å². The van der Waals surface area contributed by atoms with Crippen molar-refractivity contribution in [1.82, 2.24) is 5.32 Å². The number of ether oxygens (including phenoxy) is 2. The molecule has 0 aliphatic carbocycles. The van der Waals surface area contributed by atoms with Crippen molar-refractivity contribution in [2.24, 2.45) is 0 Å². The van der Waals surface area contributed by atoms with Crippen LogP contribution in [-0.4, -0.2) is 12.5 Å². The lowest BCUT2D eigenvalue weighted by atomic mass is 9.97. The predicted molar refractivity (Wildman–Crippen MR) is 130 cm³/mol. The molecule has 4 aromatic rings. The second kappa shape index (κ2) is 8.71. The third-order valence-electron chi connectivity index (χ3n) is 6.22. The average molecular weight is 456 g/mol. The number of aryl methyl sites for hydroxylation is 2. The highest BCUT2D eigenvalue weighted by Crippen LogP contribution is 2.37. The SMILES string of the molecule is CCOc1cc(C2NC(=O)c3oc4c(C)c(C)ccc4c(=O)c32)ccc1OCc1ccccc1. The fourth-order valence-electron chi connectivity index (χ4n) is 4.28. The average Bonchev–Trinajstić information content (AvgIpc) is 3.18. The molecular weight excluding hydrogens is 430 g/mol. The molecular formula is C28H25NO5. The molecule has 0 radical (unpaired) electrons. The van der Waals surface area contributed by atoms with Crippen LogP contribution in [0.3, 0.4) is 0 Å². The summed E-state index contributed by atoms with van der Waals surface area (Å²) in [5.41, 5.74) is 4.19. The number of hydrogen-bond acceptors (Lipinski definition) is 5. The summed E-state index contributed by atoms with van der Waals surface area (Å²) in [4.78, 5) is 26.2. The monoisotopic (exact) mass is 455 g/mol. The zero-order valence-corrected chi connectivity index (χ0v) is 19.3. The molecule has 0 fully saturated rings. The second-order valence-corrected chi connectivity index (χ2v) is 8.38. The van der Waals surface area contributed by atoms with Gasteiger partial charge in [-0.1, -0.05) is 42.5 Å². The van der Waals surface area contributed by atoms with E-state index >= 15 is 0 Å². The lowest BCUT2D eigenvalue weighted by Crippen LogP contribution is -2.22. The minimum atomic E-state index is -0.632. The maximum absolute atomic E-state index is 13.4. The van der Waals surface area contributed by atoms with Crippen LogP contribution < -0.4 is 20.2 Å². The molecule has 0 saturated heterocycles. The molecule has 1 aliphatic heterocycles. The van der Waals surface area contributed by atoms with Gasteiger partial charge in [-0.3, -0.25) is 9.59 Å². The van der Waals surface area contributed by atoms with Crippen molar-refractivity contribution >= 4 is 16.9 Å². The third kappa shape index (κ3) is 3.71. The molecule has 3 aromatic carbocycles. The van der Waals surface area contributed by atoms with E-state index in [4.69, 9.17) is 13.9 Å². The van der Waals surface area contributed by atoms with Gasteiger partial charge in [0.05, 0.1) is 23.6 Å². The number of nitrogens with one attached hydrogen (secondary N) is 1. The van der Waals surface area contributed by atoms with Gasteiger partial charge < -0.3 is 19.2 Å². The smallest absolute Gasteiger partial charge is 0.288 e. The van der Waals surface area contributed by atoms with Crippen LogP contribution in [0.4, 0.5) is 0 Å². The van der Waals surface area contributed by atoms with Crippen LogP contribution in [-0.2, 0) is 6.61 Å². The molecule has 172 valence electrons. The van der Waals surface area contributed by atoms with Gasteiger partial charge in [-0.15, -0.1) is 0 Å².